The summed E-state index contributed by atoms with van der Waals surface area (Å²) in [7, 11) is 0. The molecule has 0 heterocycles. The Bertz CT molecular complexity index is 407. The van der Waals surface area contributed by atoms with Crippen LogP contribution in [0.5, 0.6) is 0 Å². The van der Waals surface area contributed by atoms with Gasteiger partial charge in [-0.05, 0) is 30.5 Å². The molecule has 1 atom stereocenters. The molecule has 1 N–H and O–H groups in total. The van der Waals surface area contributed by atoms with Crippen molar-refractivity contribution >= 4 is 11.8 Å². The van der Waals surface area contributed by atoms with Crippen LogP contribution in [0.1, 0.15) is 29.5 Å². The zero-order chi connectivity index (χ0) is 11.6. The Morgan fingerprint density at radius 1 is 1.20 bits per heavy atom. The van der Waals surface area contributed by atoms with E-state index in [0.717, 1.165) is 16.7 Å². The standard InChI is InChI=1S/C12H14O3/c1-7-4-5-10(6-8(7)2)9(3)11(13)12(14)15/h4-6,9H,1-3H3,(H,14,15). The smallest absolute Gasteiger partial charge is 0.372 e. The summed E-state index contributed by atoms with van der Waals surface area (Å²) in [5.74, 6) is -2.72. The Kier molecular flexibility index (Phi) is 3.24. The van der Waals surface area contributed by atoms with Gasteiger partial charge in [-0.1, -0.05) is 25.1 Å². The molecule has 0 saturated heterocycles. The van der Waals surface area contributed by atoms with E-state index in [-0.39, 0.29) is 0 Å². The van der Waals surface area contributed by atoms with Gasteiger partial charge in [-0.3, -0.25) is 4.79 Å². The van der Waals surface area contributed by atoms with E-state index < -0.39 is 17.7 Å². The maximum Gasteiger partial charge on any atom is 0.372 e. The van der Waals surface area contributed by atoms with Gasteiger partial charge in [0.2, 0.25) is 5.78 Å². The molecule has 1 rings (SSSR count). The van der Waals surface area contributed by atoms with Crippen LogP contribution in [0.4, 0.5) is 0 Å². The number of carbonyl (C=O) groups is 2. The quantitative estimate of drug-likeness (QED) is 0.770. The van der Waals surface area contributed by atoms with Crippen molar-refractivity contribution in [2.45, 2.75) is 26.7 Å². The second kappa shape index (κ2) is 4.26. The predicted octanol–water partition coefficient (Wildman–Crippen LogP) is 2.06. The van der Waals surface area contributed by atoms with Crippen LogP contribution in [0.15, 0.2) is 18.2 Å². The molecule has 0 aliphatic rings. The Labute approximate surface area is 88.7 Å². The minimum absolute atomic E-state index is 0.582. The van der Waals surface area contributed by atoms with Crippen LogP contribution in [-0.4, -0.2) is 16.9 Å². The molecule has 0 radical (unpaired) electrons. The van der Waals surface area contributed by atoms with E-state index in [1.807, 2.05) is 26.0 Å². The molecule has 0 fully saturated rings. The average Bonchev–Trinajstić information content (AvgIpc) is 2.19. The molecule has 80 valence electrons. The normalized spacial score (nSPS) is 12.2. The maximum atomic E-state index is 11.2. The fourth-order valence-electron chi connectivity index (χ4n) is 1.37. The van der Waals surface area contributed by atoms with Gasteiger partial charge < -0.3 is 5.11 Å². The molecule has 3 nitrogen and oxygen atoms in total. The third kappa shape index (κ3) is 2.43. The van der Waals surface area contributed by atoms with E-state index in [4.69, 9.17) is 5.11 Å². The number of carboxylic acid groups (broad SMARTS) is 1. The Hall–Kier alpha value is -1.64. The summed E-state index contributed by atoms with van der Waals surface area (Å²) in [5, 5.41) is 8.59. The fraction of sp³-hybridized carbons (Fsp3) is 0.333. The number of carbonyl (C=O) groups excluding carboxylic acids is 1. The van der Waals surface area contributed by atoms with Gasteiger partial charge in [0.1, 0.15) is 0 Å². The third-order valence-corrected chi connectivity index (χ3v) is 2.64. The van der Waals surface area contributed by atoms with Gasteiger partial charge in [0.15, 0.2) is 0 Å². The first-order valence-corrected chi connectivity index (χ1v) is 4.77. The Morgan fingerprint density at radius 3 is 2.27 bits per heavy atom. The largest absolute Gasteiger partial charge is 0.475 e. The highest BCUT2D eigenvalue weighted by atomic mass is 16.4. The summed E-state index contributed by atoms with van der Waals surface area (Å²) >= 11 is 0. The van der Waals surface area contributed by atoms with Gasteiger partial charge in [0.25, 0.3) is 0 Å². The van der Waals surface area contributed by atoms with Gasteiger partial charge >= 0.3 is 5.97 Å². The summed E-state index contributed by atoms with van der Waals surface area (Å²) in [6.07, 6.45) is 0. The van der Waals surface area contributed by atoms with Crippen LogP contribution < -0.4 is 0 Å². The van der Waals surface area contributed by atoms with Crippen LogP contribution in [0, 0.1) is 13.8 Å². The number of Topliss-reactive ketones (excluding diaryl/α,β-unsaturated/α-hetero) is 1. The molecule has 1 aromatic rings. The third-order valence-electron chi connectivity index (χ3n) is 2.64. The van der Waals surface area contributed by atoms with E-state index >= 15 is 0 Å². The number of aryl methyl sites for hydroxylation is 2. The van der Waals surface area contributed by atoms with Crippen molar-refractivity contribution in [1.29, 1.82) is 0 Å². The molecule has 1 unspecified atom stereocenters. The van der Waals surface area contributed by atoms with Crippen LogP contribution in [0.3, 0.4) is 0 Å². The molecule has 0 aromatic heterocycles. The number of ketones is 1. The van der Waals surface area contributed by atoms with E-state index in [1.165, 1.54) is 0 Å². The van der Waals surface area contributed by atoms with Crippen LogP contribution in [-0.2, 0) is 9.59 Å². The Morgan fingerprint density at radius 2 is 1.80 bits per heavy atom. The van der Waals surface area contributed by atoms with Gasteiger partial charge in [-0.2, -0.15) is 0 Å². The lowest BCUT2D eigenvalue weighted by molar-refractivity contribution is -0.149. The highest BCUT2D eigenvalue weighted by molar-refractivity contribution is 6.34. The van der Waals surface area contributed by atoms with Gasteiger partial charge in [0, 0.05) is 0 Å². The number of benzene rings is 1. The maximum absolute atomic E-state index is 11.2. The SMILES string of the molecule is Cc1ccc(C(C)C(=O)C(=O)O)cc1C. The van der Waals surface area contributed by atoms with E-state index in [1.54, 1.807) is 13.0 Å². The van der Waals surface area contributed by atoms with Crippen molar-refractivity contribution in [2.75, 3.05) is 0 Å². The number of hydrogen-bond donors (Lipinski definition) is 1. The zero-order valence-corrected chi connectivity index (χ0v) is 9.07. The second-order valence-electron chi connectivity index (χ2n) is 3.73. The molecule has 0 amide bonds. The fourth-order valence-corrected chi connectivity index (χ4v) is 1.37. The van der Waals surface area contributed by atoms with Gasteiger partial charge in [-0.25, -0.2) is 4.79 Å². The average molecular weight is 206 g/mol. The molecule has 0 spiro atoms. The summed E-state index contributed by atoms with van der Waals surface area (Å²) in [6, 6.07) is 5.56. The van der Waals surface area contributed by atoms with E-state index in [2.05, 4.69) is 0 Å². The summed E-state index contributed by atoms with van der Waals surface area (Å²) in [5.41, 5.74) is 2.96. The highest BCUT2D eigenvalue weighted by Crippen LogP contribution is 2.19. The zero-order valence-electron chi connectivity index (χ0n) is 9.07. The van der Waals surface area contributed by atoms with Crippen molar-refractivity contribution in [3.63, 3.8) is 0 Å². The number of rotatable bonds is 3. The van der Waals surface area contributed by atoms with Gasteiger partial charge in [-0.15, -0.1) is 0 Å². The summed E-state index contributed by atoms with van der Waals surface area (Å²) < 4.78 is 0. The first kappa shape index (κ1) is 11.4. The van der Waals surface area contributed by atoms with Crippen molar-refractivity contribution in [2.24, 2.45) is 0 Å². The molecule has 3 heteroatoms. The summed E-state index contributed by atoms with van der Waals surface area (Å²) in [4.78, 5) is 21.8. The predicted molar refractivity (Wildman–Crippen MR) is 57.0 cm³/mol. The van der Waals surface area contributed by atoms with Gasteiger partial charge in [0.05, 0.1) is 5.92 Å². The Balaban J connectivity index is 3.02. The van der Waals surface area contributed by atoms with Crippen molar-refractivity contribution in [3.05, 3.63) is 34.9 Å². The van der Waals surface area contributed by atoms with E-state index in [0.29, 0.717) is 0 Å². The molecule has 15 heavy (non-hydrogen) atoms. The molecule has 0 aliphatic carbocycles. The lowest BCUT2D eigenvalue weighted by Gasteiger charge is -2.10. The number of carboxylic acids is 1. The van der Waals surface area contributed by atoms with Crippen molar-refractivity contribution < 1.29 is 14.7 Å². The molecule has 1 aromatic carbocycles. The van der Waals surface area contributed by atoms with Crippen molar-refractivity contribution in [1.82, 2.24) is 0 Å². The molecule has 0 aliphatic heterocycles. The molecule has 0 saturated carbocycles. The van der Waals surface area contributed by atoms with Crippen LogP contribution in [0.2, 0.25) is 0 Å². The summed E-state index contributed by atoms with van der Waals surface area (Å²) in [6.45, 7) is 5.53. The molecular formula is C12H14O3. The highest BCUT2D eigenvalue weighted by Gasteiger charge is 2.21. The topological polar surface area (TPSA) is 54.4 Å². The second-order valence-corrected chi connectivity index (χ2v) is 3.73. The molecular weight excluding hydrogens is 192 g/mol. The monoisotopic (exact) mass is 206 g/mol. The van der Waals surface area contributed by atoms with Crippen LogP contribution >= 0.6 is 0 Å². The minimum Gasteiger partial charge on any atom is -0.475 e. The first-order chi connectivity index (χ1) is 6.93. The lowest BCUT2D eigenvalue weighted by atomic mass is 9.94. The van der Waals surface area contributed by atoms with Crippen molar-refractivity contribution in [3.8, 4) is 0 Å². The van der Waals surface area contributed by atoms with E-state index in [9.17, 15) is 9.59 Å². The minimum atomic E-state index is -1.37. The number of aliphatic carboxylic acids is 1. The molecule has 0 bridgehead atoms. The first-order valence-electron chi connectivity index (χ1n) is 4.77. The lowest BCUT2D eigenvalue weighted by Crippen LogP contribution is -2.19. The number of hydrogen-bond acceptors (Lipinski definition) is 2. The van der Waals surface area contributed by atoms with Crippen LogP contribution in [0.25, 0.3) is 0 Å².